The van der Waals surface area contributed by atoms with E-state index in [1.54, 1.807) is 0 Å². The van der Waals surface area contributed by atoms with E-state index in [9.17, 15) is 4.79 Å². The highest BCUT2D eigenvalue weighted by molar-refractivity contribution is 5.84. The van der Waals surface area contributed by atoms with Gasteiger partial charge in [0.05, 0.1) is 5.54 Å². The second-order valence-electron chi connectivity index (χ2n) is 7.95. The highest BCUT2D eigenvalue weighted by atomic mass is 16.1. The molecule has 1 heterocycles. The van der Waals surface area contributed by atoms with Crippen LogP contribution in [0.4, 0.5) is 0 Å². The SMILES string of the molecule is CC(C)(C)C1CCN(C2CCCC(N)(C(N)=O)C2)CC1. The zero-order valence-corrected chi connectivity index (χ0v) is 13.3. The second kappa shape index (κ2) is 5.64. The van der Waals surface area contributed by atoms with Crippen LogP contribution in [0.3, 0.4) is 0 Å². The van der Waals surface area contributed by atoms with Gasteiger partial charge in [0.25, 0.3) is 0 Å². The lowest BCUT2D eigenvalue weighted by Crippen LogP contribution is -2.59. The molecule has 4 nitrogen and oxygen atoms in total. The molecular formula is C16H31N3O. The zero-order valence-electron chi connectivity index (χ0n) is 13.3. The highest BCUT2D eigenvalue weighted by Gasteiger charge is 2.41. The van der Waals surface area contributed by atoms with Crippen LogP contribution in [-0.2, 0) is 4.79 Å². The molecule has 1 saturated carbocycles. The van der Waals surface area contributed by atoms with Crippen LogP contribution >= 0.6 is 0 Å². The number of hydrogen-bond acceptors (Lipinski definition) is 3. The molecule has 4 heteroatoms. The topological polar surface area (TPSA) is 72.3 Å². The van der Waals surface area contributed by atoms with Gasteiger partial charge in [0.15, 0.2) is 0 Å². The van der Waals surface area contributed by atoms with E-state index < -0.39 is 5.54 Å². The van der Waals surface area contributed by atoms with Gasteiger partial charge in [0.1, 0.15) is 0 Å². The number of nitrogens with two attached hydrogens (primary N) is 2. The summed E-state index contributed by atoms with van der Waals surface area (Å²) < 4.78 is 0. The molecule has 2 fully saturated rings. The Morgan fingerprint density at radius 2 is 1.80 bits per heavy atom. The highest BCUT2D eigenvalue weighted by Crippen LogP contribution is 2.37. The molecule has 0 aromatic rings. The average molecular weight is 281 g/mol. The van der Waals surface area contributed by atoms with Crippen LogP contribution in [0.2, 0.25) is 0 Å². The number of primary amides is 1. The molecule has 116 valence electrons. The number of carbonyl (C=O) groups excluding carboxylic acids is 1. The Bertz CT molecular complexity index is 355. The van der Waals surface area contributed by atoms with Gasteiger partial charge in [0, 0.05) is 6.04 Å². The number of piperidine rings is 1. The Morgan fingerprint density at radius 3 is 2.30 bits per heavy atom. The molecule has 0 aromatic heterocycles. The summed E-state index contributed by atoms with van der Waals surface area (Å²) in [5, 5.41) is 0. The van der Waals surface area contributed by atoms with Gasteiger partial charge < -0.3 is 16.4 Å². The quantitative estimate of drug-likeness (QED) is 0.811. The molecule has 0 spiro atoms. The van der Waals surface area contributed by atoms with Crippen molar-refractivity contribution in [3.63, 3.8) is 0 Å². The summed E-state index contributed by atoms with van der Waals surface area (Å²) in [5.74, 6) is 0.480. The van der Waals surface area contributed by atoms with Crippen LogP contribution in [-0.4, -0.2) is 35.5 Å². The van der Waals surface area contributed by atoms with Crippen molar-refractivity contribution in [1.29, 1.82) is 0 Å². The first-order valence-electron chi connectivity index (χ1n) is 8.05. The fourth-order valence-corrected chi connectivity index (χ4v) is 3.94. The maximum Gasteiger partial charge on any atom is 0.237 e. The molecule has 4 N–H and O–H groups in total. The first-order chi connectivity index (χ1) is 9.22. The van der Waals surface area contributed by atoms with Crippen LogP contribution in [0, 0.1) is 11.3 Å². The Balaban J connectivity index is 1.92. The second-order valence-corrected chi connectivity index (χ2v) is 7.95. The Kier molecular flexibility index (Phi) is 4.45. The maximum absolute atomic E-state index is 11.6. The van der Waals surface area contributed by atoms with E-state index in [1.807, 2.05) is 0 Å². The van der Waals surface area contributed by atoms with E-state index in [-0.39, 0.29) is 5.91 Å². The third kappa shape index (κ3) is 3.34. The Labute approximate surface area is 123 Å². The van der Waals surface area contributed by atoms with E-state index >= 15 is 0 Å². The smallest absolute Gasteiger partial charge is 0.237 e. The van der Waals surface area contributed by atoms with Crippen molar-refractivity contribution in [1.82, 2.24) is 4.90 Å². The molecule has 0 aromatic carbocycles. The predicted octanol–water partition coefficient (Wildman–Crippen LogP) is 1.87. The van der Waals surface area contributed by atoms with Gasteiger partial charge >= 0.3 is 0 Å². The summed E-state index contributed by atoms with van der Waals surface area (Å²) in [6, 6.07) is 0.446. The minimum atomic E-state index is -0.774. The molecule has 1 aliphatic carbocycles. The molecule has 0 bridgehead atoms. The normalized spacial score (nSPS) is 34.1. The van der Waals surface area contributed by atoms with E-state index in [0.717, 1.165) is 44.7 Å². The molecule has 20 heavy (non-hydrogen) atoms. The average Bonchev–Trinajstić information content (AvgIpc) is 2.38. The molecule has 1 aliphatic heterocycles. The summed E-state index contributed by atoms with van der Waals surface area (Å²) in [4.78, 5) is 14.1. The van der Waals surface area contributed by atoms with Gasteiger partial charge in [0.2, 0.25) is 5.91 Å². The first kappa shape index (κ1) is 15.8. The number of likely N-dealkylation sites (tertiary alicyclic amines) is 1. The standard InChI is InChI=1S/C16H31N3O/c1-15(2,3)12-6-9-19(10-7-12)13-5-4-8-16(18,11-13)14(17)20/h12-13H,4-11,18H2,1-3H3,(H2,17,20). The van der Waals surface area contributed by atoms with Crippen molar-refractivity contribution in [2.45, 2.75) is 70.9 Å². The van der Waals surface area contributed by atoms with E-state index in [0.29, 0.717) is 11.5 Å². The van der Waals surface area contributed by atoms with Gasteiger partial charge in [-0.15, -0.1) is 0 Å². The number of nitrogens with zero attached hydrogens (tertiary/aromatic N) is 1. The zero-order chi connectivity index (χ0) is 15.0. The fraction of sp³-hybridized carbons (Fsp3) is 0.938. The number of rotatable bonds is 2. The largest absolute Gasteiger partial charge is 0.368 e. The lowest BCUT2D eigenvalue weighted by atomic mass is 9.74. The first-order valence-corrected chi connectivity index (χ1v) is 8.05. The molecule has 2 atom stereocenters. The van der Waals surface area contributed by atoms with E-state index in [1.165, 1.54) is 12.8 Å². The van der Waals surface area contributed by atoms with E-state index in [4.69, 9.17) is 11.5 Å². The minimum Gasteiger partial charge on any atom is -0.368 e. The van der Waals surface area contributed by atoms with Crippen LogP contribution in [0.1, 0.15) is 59.3 Å². The Morgan fingerprint density at radius 1 is 1.20 bits per heavy atom. The molecule has 0 radical (unpaired) electrons. The van der Waals surface area contributed by atoms with Crippen molar-refractivity contribution < 1.29 is 4.79 Å². The van der Waals surface area contributed by atoms with Crippen LogP contribution in [0.15, 0.2) is 0 Å². The summed E-state index contributed by atoms with van der Waals surface area (Å²) in [6.45, 7) is 9.30. The molecule has 2 unspecified atom stereocenters. The van der Waals surface area contributed by atoms with Crippen LogP contribution < -0.4 is 11.5 Å². The van der Waals surface area contributed by atoms with Gasteiger partial charge in [-0.25, -0.2) is 0 Å². The lowest BCUT2D eigenvalue weighted by molar-refractivity contribution is -0.125. The predicted molar refractivity (Wildman–Crippen MR) is 82.1 cm³/mol. The summed E-state index contributed by atoms with van der Waals surface area (Å²) >= 11 is 0. The monoisotopic (exact) mass is 281 g/mol. The van der Waals surface area contributed by atoms with E-state index in [2.05, 4.69) is 25.7 Å². The third-order valence-corrected chi connectivity index (χ3v) is 5.52. The summed E-state index contributed by atoms with van der Waals surface area (Å²) in [7, 11) is 0. The maximum atomic E-state index is 11.6. The summed E-state index contributed by atoms with van der Waals surface area (Å²) in [5.41, 5.74) is 11.3. The molecule has 2 aliphatic rings. The molecule has 1 amide bonds. The van der Waals surface area contributed by atoms with Crippen molar-refractivity contribution in [3.8, 4) is 0 Å². The fourth-order valence-electron chi connectivity index (χ4n) is 3.94. The molecular weight excluding hydrogens is 250 g/mol. The van der Waals surface area contributed by atoms with Gasteiger partial charge in [-0.3, -0.25) is 4.79 Å². The lowest BCUT2D eigenvalue weighted by Gasteiger charge is -2.45. The third-order valence-electron chi connectivity index (χ3n) is 5.52. The number of hydrogen-bond donors (Lipinski definition) is 2. The molecule has 2 rings (SSSR count). The van der Waals surface area contributed by atoms with Crippen LogP contribution in [0.5, 0.6) is 0 Å². The number of carbonyl (C=O) groups is 1. The van der Waals surface area contributed by atoms with Crippen molar-refractivity contribution in [3.05, 3.63) is 0 Å². The van der Waals surface area contributed by atoms with Gasteiger partial charge in [-0.05, 0) is 62.9 Å². The van der Waals surface area contributed by atoms with Gasteiger partial charge in [-0.1, -0.05) is 20.8 Å². The summed E-state index contributed by atoms with van der Waals surface area (Å²) in [6.07, 6.45) is 6.18. The van der Waals surface area contributed by atoms with Crippen LogP contribution in [0.25, 0.3) is 0 Å². The van der Waals surface area contributed by atoms with Gasteiger partial charge in [-0.2, -0.15) is 0 Å². The van der Waals surface area contributed by atoms with Crippen molar-refractivity contribution in [2.24, 2.45) is 22.8 Å². The Hall–Kier alpha value is -0.610. The minimum absolute atomic E-state index is 0.327. The van der Waals surface area contributed by atoms with Crippen molar-refractivity contribution in [2.75, 3.05) is 13.1 Å². The number of amides is 1. The molecule has 1 saturated heterocycles. The van der Waals surface area contributed by atoms with Crippen molar-refractivity contribution >= 4 is 5.91 Å².